The quantitative estimate of drug-likeness (QED) is 0.357. The summed E-state index contributed by atoms with van der Waals surface area (Å²) in [6.45, 7) is 3.32. The summed E-state index contributed by atoms with van der Waals surface area (Å²) in [5, 5.41) is 11.0. The van der Waals surface area contributed by atoms with Crippen LogP contribution in [0.15, 0.2) is 53.4 Å². The van der Waals surface area contributed by atoms with Crippen LogP contribution in [0.5, 0.6) is 0 Å². The minimum Gasteiger partial charge on any atom is -0.379 e. The zero-order chi connectivity index (χ0) is 21.6. The van der Waals surface area contributed by atoms with Crippen LogP contribution in [0.1, 0.15) is 6.42 Å². The van der Waals surface area contributed by atoms with E-state index in [-0.39, 0.29) is 17.1 Å². The second-order valence-electron chi connectivity index (χ2n) is 7.19. The van der Waals surface area contributed by atoms with Gasteiger partial charge in [-0.15, -0.1) is 0 Å². The number of hydrogen-bond acceptors (Lipinski definition) is 6. The number of morpholine rings is 1. The molecule has 0 radical (unpaired) electrons. The standard InChI is InChI=1S/C21H25ClN2O5S/c22-19-5-1-17(2-6-19)18-3-7-21(8-4-18)30(27,28)15-20(24(26)16-25)9-10-23-11-13-29-14-12-23/h1-8,16,20,26H,9-15H2. The minimum atomic E-state index is -3.70. The molecule has 1 aliphatic rings. The highest BCUT2D eigenvalue weighted by atomic mass is 35.5. The zero-order valence-electron chi connectivity index (χ0n) is 16.5. The van der Waals surface area contributed by atoms with E-state index in [1.54, 1.807) is 36.4 Å². The van der Waals surface area contributed by atoms with E-state index in [1.165, 1.54) is 0 Å². The summed E-state index contributed by atoms with van der Waals surface area (Å²) in [5.74, 6) is -0.354. The Morgan fingerprint density at radius 1 is 1.07 bits per heavy atom. The maximum absolute atomic E-state index is 12.9. The summed E-state index contributed by atoms with van der Waals surface area (Å²) in [7, 11) is -3.70. The Hall–Kier alpha value is -1.97. The molecule has 1 heterocycles. The summed E-state index contributed by atoms with van der Waals surface area (Å²) in [5.41, 5.74) is 1.79. The number of halogens is 1. The molecule has 1 saturated heterocycles. The maximum Gasteiger partial charge on any atom is 0.233 e. The molecule has 0 bridgehead atoms. The Kier molecular flexibility index (Phi) is 7.85. The number of amides is 1. The van der Waals surface area contributed by atoms with Crippen LogP contribution >= 0.6 is 11.6 Å². The first-order chi connectivity index (χ1) is 14.4. The van der Waals surface area contributed by atoms with E-state index in [0.717, 1.165) is 24.2 Å². The predicted octanol–water partition coefficient (Wildman–Crippen LogP) is 2.72. The topological polar surface area (TPSA) is 87.2 Å². The number of hydrogen-bond donors (Lipinski definition) is 1. The van der Waals surface area contributed by atoms with E-state index in [4.69, 9.17) is 16.3 Å². The van der Waals surface area contributed by atoms with Crippen LogP contribution in [0.2, 0.25) is 5.02 Å². The fourth-order valence-corrected chi connectivity index (χ4v) is 5.08. The average molecular weight is 453 g/mol. The number of hydroxylamine groups is 2. The van der Waals surface area contributed by atoms with Crippen molar-refractivity contribution < 1.29 is 23.2 Å². The number of benzene rings is 2. The monoisotopic (exact) mass is 452 g/mol. The van der Waals surface area contributed by atoms with Crippen LogP contribution in [0.25, 0.3) is 11.1 Å². The summed E-state index contributed by atoms with van der Waals surface area (Å²) in [4.78, 5) is 13.4. The average Bonchev–Trinajstić information content (AvgIpc) is 2.77. The van der Waals surface area contributed by atoms with Crippen molar-refractivity contribution in [3.05, 3.63) is 53.6 Å². The lowest BCUT2D eigenvalue weighted by Gasteiger charge is -2.29. The summed E-state index contributed by atoms with van der Waals surface area (Å²) in [6.07, 6.45) is 0.598. The number of carbonyl (C=O) groups is 1. The Morgan fingerprint density at radius 3 is 2.20 bits per heavy atom. The molecule has 1 amide bonds. The Labute approximate surface area is 181 Å². The molecular weight excluding hydrogens is 428 g/mol. The second kappa shape index (κ2) is 10.4. The highest BCUT2D eigenvalue weighted by Gasteiger charge is 2.26. The van der Waals surface area contributed by atoms with Gasteiger partial charge < -0.3 is 4.74 Å². The number of sulfone groups is 1. The van der Waals surface area contributed by atoms with E-state index < -0.39 is 15.9 Å². The van der Waals surface area contributed by atoms with Gasteiger partial charge in [-0.2, -0.15) is 0 Å². The van der Waals surface area contributed by atoms with Gasteiger partial charge in [-0.1, -0.05) is 35.9 Å². The van der Waals surface area contributed by atoms with E-state index >= 15 is 0 Å². The molecule has 1 unspecified atom stereocenters. The van der Waals surface area contributed by atoms with E-state index in [9.17, 15) is 18.4 Å². The molecule has 162 valence electrons. The van der Waals surface area contributed by atoms with Crippen LogP contribution in [0.4, 0.5) is 0 Å². The van der Waals surface area contributed by atoms with Crippen molar-refractivity contribution in [2.75, 3.05) is 38.6 Å². The third-order valence-electron chi connectivity index (χ3n) is 5.17. The molecule has 1 N–H and O–H groups in total. The van der Waals surface area contributed by atoms with Gasteiger partial charge in [0.1, 0.15) is 0 Å². The summed E-state index contributed by atoms with van der Waals surface area (Å²) < 4.78 is 31.1. The normalized spacial score (nSPS) is 16.2. The van der Waals surface area contributed by atoms with Crippen molar-refractivity contribution >= 4 is 27.8 Å². The summed E-state index contributed by atoms with van der Waals surface area (Å²) >= 11 is 5.91. The number of ether oxygens (including phenoxy) is 1. The van der Waals surface area contributed by atoms with Crippen molar-refractivity contribution in [2.45, 2.75) is 17.4 Å². The van der Waals surface area contributed by atoms with Crippen molar-refractivity contribution in [3.63, 3.8) is 0 Å². The van der Waals surface area contributed by atoms with Crippen LogP contribution in [-0.2, 0) is 19.4 Å². The highest BCUT2D eigenvalue weighted by Crippen LogP contribution is 2.24. The molecule has 0 aliphatic carbocycles. The van der Waals surface area contributed by atoms with Crippen LogP contribution in [-0.4, -0.2) is 74.6 Å². The predicted molar refractivity (Wildman–Crippen MR) is 114 cm³/mol. The third-order valence-corrected chi connectivity index (χ3v) is 7.23. The maximum atomic E-state index is 12.9. The lowest BCUT2D eigenvalue weighted by Crippen LogP contribution is -2.42. The van der Waals surface area contributed by atoms with Gasteiger partial charge in [-0.25, -0.2) is 13.5 Å². The smallest absolute Gasteiger partial charge is 0.233 e. The molecule has 0 aromatic heterocycles. The van der Waals surface area contributed by atoms with Crippen molar-refractivity contribution in [1.82, 2.24) is 9.96 Å². The lowest BCUT2D eigenvalue weighted by molar-refractivity contribution is -0.159. The molecule has 2 aromatic carbocycles. The van der Waals surface area contributed by atoms with Crippen molar-refractivity contribution in [3.8, 4) is 11.1 Å². The number of carbonyl (C=O) groups excluding carboxylic acids is 1. The van der Waals surface area contributed by atoms with Gasteiger partial charge in [0.2, 0.25) is 6.41 Å². The van der Waals surface area contributed by atoms with Crippen molar-refractivity contribution in [1.29, 1.82) is 0 Å². The SMILES string of the molecule is O=CN(O)C(CCN1CCOCC1)CS(=O)(=O)c1ccc(-c2ccc(Cl)cc2)cc1. The Morgan fingerprint density at radius 2 is 1.63 bits per heavy atom. The largest absolute Gasteiger partial charge is 0.379 e. The molecule has 1 fully saturated rings. The van der Waals surface area contributed by atoms with Crippen molar-refractivity contribution in [2.24, 2.45) is 0 Å². The van der Waals surface area contributed by atoms with E-state index in [2.05, 4.69) is 4.90 Å². The fourth-order valence-electron chi connectivity index (χ4n) is 3.38. The van der Waals surface area contributed by atoms with Gasteiger partial charge in [0, 0.05) is 24.7 Å². The molecule has 2 aromatic rings. The molecule has 0 saturated carbocycles. The fraction of sp³-hybridized carbons (Fsp3) is 0.381. The molecule has 3 rings (SSSR count). The lowest BCUT2D eigenvalue weighted by atomic mass is 10.1. The molecule has 30 heavy (non-hydrogen) atoms. The molecule has 1 aliphatic heterocycles. The highest BCUT2D eigenvalue weighted by molar-refractivity contribution is 7.91. The van der Waals surface area contributed by atoms with Gasteiger partial charge >= 0.3 is 0 Å². The first kappa shape index (κ1) is 22.7. The molecule has 0 spiro atoms. The van der Waals surface area contributed by atoms with E-state index in [1.807, 2.05) is 12.1 Å². The van der Waals surface area contributed by atoms with Gasteiger partial charge in [-0.05, 0) is 41.8 Å². The zero-order valence-corrected chi connectivity index (χ0v) is 18.1. The Balaban J connectivity index is 1.69. The molecule has 1 atom stereocenters. The second-order valence-corrected chi connectivity index (χ2v) is 9.67. The Bertz CT molecular complexity index is 929. The van der Waals surface area contributed by atoms with Gasteiger partial charge in [0.15, 0.2) is 9.84 Å². The molecular formula is C21H25ClN2O5S. The molecule has 9 heteroatoms. The third kappa shape index (κ3) is 6.02. The van der Waals surface area contributed by atoms with Gasteiger partial charge in [0.05, 0.1) is 29.9 Å². The van der Waals surface area contributed by atoms with Gasteiger partial charge in [-0.3, -0.25) is 14.9 Å². The van der Waals surface area contributed by atoms with Gasteiger partial charge in [0.25, 0.3) is 0 Å². The minimum absolute atomic E-state index is 0.149. The number of rotatable bonds is 9. The van der Waals surface area contributed by atoms with E-state index in [0.29, 0.717) is 36.3 Å². The first-order valence-electron chi connectivity index (χ1n) is 9.70. The number of nitrogens with zero attached hydrogens (tertiary/aromatic N) is 2. The summed E-state index contributed by atoms with van der Waals surface area (Å²) in [6, 6.07) is 13.0. The van der Waals surface area contributed by atoms with Crippen LogP contribution in [0.3, 0.4) is 0 Å². The first-order valence-corrected chi connectivity index (χ1v) is 11.7. The van der Waals surface area contributed by atoms with Crippen LogP contribution < -0.4 is 0 Å². The van der Waals surface area contributed by atoms with Crippen LogP contribution in [0, 0.1) is 0 Å². The molecule has 7 nitrogen and oxygen atoms in total.